The van der Waals surface area contributed by atoms with Crippen LogP contribution < -0.4 is 10.1 Å². The lowest BCUT2D eigenvalue weighted by atomic mass is 9.91. The lowest BCUT2D eigenvalue weighted by Gasteiger charge is -2.19. The van der Waals surface area contributed by atoms with Gasteiger partial charge < -0.3 is 15.2 Å². The predicted molar refractivity (Wildman–Crippen MR) is 88.5 cm³/mol. The Morgan fingerprint density at radius 3 is 2.64 bits per heavy atom. The first-order valence-electron chi connectivity index (χ1n) is 7.67. The Morgan fingerprint density at radius 1 is 1.23 bits per heavy atom. The fourth-order valence-corrected chi connectivity index (χ4v) is 2.65. The maximum atomic E-state index is 11.5. The second-order valence-electron chi connectivity index (χ2n) is 5.35. The molecule has 0 aromatic heterocycles. The van der Waals surface area contributed by atoms with Crippen LogP contribution in [0.1, 0.15) is 38.2 Å². The van der Waals surface area contributed by atoms with Crippen molar-refractivity contribution in [1.82, 2.24) is 5.32 Å². The van der Waals surface area contributed by atoms with E-state index < -0.39 is 0 Å². The zero-order valence-corrected chi connectivity index (χ0v) is 13.3. The fourth-order valence-electron chi connectivity index (χ4n) is 2.65. The second kappa shape index (κ2) is 7.16. The maximum Gasteiger partial charge on any atom is 0.219 e. The summed E-state index contributed by atoms with van der Waals surface area (Å²) in [5.74, 6) is 1.27. The van der Waals surface area contributed by atoms with Gasteiger partial charge in [0, 0.05) is 24.3 Å². The number of methoxy groups -OCH3 is 1. The number of benzene rings is 2. The van der Waals surface area contributed by atoms with Gasteiger partial charge in [0.25, 0.3) is 0 Å². The summed E-state index contributed by atoms with van der Waals surface area (Å²) in [4.78, 5) is 11.5. The van der Waals surface area contributed by atoms with Crippen molar-refractivity contribution in [3.63, 3.8) is 0 Å². The van der Waals surface area contributed by atoms with Gasteiger partial charge in [0.2, 0.25) is 5.91 Å². The molecule has 2 aromatic rings. The molecule has 2 rings (SSSR count). The van der Waals surface area contributed by atoms with E-state index in [0.29, 0.717) is 13.0 Å². The molecule has 0 spiro atoms. The van der Waals surface area contributed by atoms with Gasteiger partial charge in [-0.25, -0.2) is 0 Å². The van der Waals surface area contributed by atoms with E-state index >= 15 is 0 Å². The minimum atomic E-state index is 0.0547. The number of ether oxygens (including phenoxy) is 1. The molecule has 1 atom stereocenters. The average Bonchev–Trinajstić information content (AvgIpc) is 2.56. The van der Waals surface area contributed by atoms with Gasteiger partial charge >= 0.3 is 0 Å². The number of fused-ring (bicyclic) bond motifs is 1. The van der Waals surface area contributed by atoms with E-state index in [1.165, 1.54) is 0 Å². The van der Waals surface area contributed by atoms with Crippen LogP contribution in [-0.4, -0.2) is 24.7 Å². The van der Waals surface area contributed by atoms with Gasteiger partial charge in [0.15, 0.2) is 0 Å². The summed E-state index contributed by atoms with van der Waals surface area (Å²) >= 11 is 0. The Balaban J connectivity index is 2.43. The Bertz CT molecular complexity index is 667. The zero-order valence-electron chi connectivity index (χ0n) is 13.3. The van der Waals surface area contributed by atoms with Crippen LogP contribution in [0.25, 0.3) is 10.8 Å². The molecule has 0 fully saturated rings. The lowest BCUT2D eigenvalue weighted by molar-refractivity contribution is -0.120. The van der Waals surface area contributed by atoms with Gasteiger partial charge in [-0.2, -0.15) is 0 Å². The number of nitrogens with one attached hydrogen (secondary N) is 1. The van der Waals surface area contributed by atoms with Gasteiger partial charge in [-0.3, -0.25) is 4.79 Å². The largest absolute Gasteiger partial charge is 0.507 e. The van der Waals surface area contributed by atoms with Crippen LogP contribution in [0, 0.1) is 0 Å². The first-order chi connectivity index (χ1) is 10.6. The van der Waals surface area contributed by atoms with Crippen molar-refractivity contribution in [2.75, 3.05) is 13.7 Å². The molecule has 2 N–H and O–H groups in total. The van der Waals surface area contributed by atoms with Crippen LogP contribution >= 0.6 is 0 Å². The minimum absolute atomic E-state index is 0.0547. The predicted octanol–water partition coefficient (Wildman–Crippen LogP) is 3.57. The van der Waals surface area contributed by atoms with E-state index in [9.17, 15) is 9.90 Å². The molecule has 0 radical (unpaired) electrons. The van der Waals surface area contributed by atoms with Gasteiger partial charge in [-0.05, 0) is 41.6 Å². The Kier molecular flexibility index (Phi) is 5.26. The second-order valence-corrected chi connectivity index (χ2v) is 5.35. The molecule has 1 amide bonds. The van der Waals surface area contributed by atoms with Crippen LogP contribution in [0.15, 0.2) is 30.3 Å². The summed E-state index contributed by atoms with van der Waals surface area (Å²) < 4.78 is 5.29. The molecule has 118 valence electrons. The summed E-state index contributed by atoms with van der Waals surface area (Å²) in [6.45, 7) is 4.54. The number of hydrogen-bond acceptors (Lipinski definition) is 3. The van der Waals surface area contributed by atoms with Gasteiger partial charge in [0.05, 0.1) is 7.11 Å². The number of rotatable bonds is 6. The van der Waals surface area contributed by atoms with Crippen LogP contribution in [-0.2, 0) is 4.79 Å². The molecule has 22 heavy (non-hydrogen) atoms. The number of carbonyl (C=O) groups excluding carboxylic acids is 1. The number of hydrogen-bond donors (Lipinski definition) is 2. The number of carbonyl (C=O) groups is 1. The van der Waals surface area contributed by atoms with E-state index in [2.05, 4.69) is 12.2 Å². The molecule has 4 heteroatoms. The van der Waals surface area contributed by atoms with Crippen molar-refractivity contribution in [2.45, 2.75) is 32.6 Å². The van der Waals surface area contributed by atoms with Gasteiger partial charge in [-0.15, -0.1) is 0 Å². The standard InChI is InChI=1S/C18H23NO3/c1-4-12(11-19-18(21)5-2)14-8-9-17(20)15-7-6-13(22-3)10-16(14)15/h6-10,12,20H,4-5,11H2,1-3H3,(H,19,21). The molecule has 0 aliphatic heterocycles. The number of phenolic OH excluding ortho intramolecular Hbond substituents is 1. The normalized spacial score (nSPS) is 12.1. The molecule has 0 saturated carbocycles. The third-order valence-corrected chi connectivity index (χ3v) is 4.03. The SMILES string of the molecule is CCC(=O)NCC(CC)c1ccc(O)c2ccc(OC)cc12. The zero-order chi connectivity index (χ0) is 16.1. The van der Waals surface area contributed by atoms with Crippen LogP contribution in [0.4, 0.5) is 0 Å². The molecule has 4 nitrogen and oxygen atoms in total. The van der Waals surface area contributed by atoms with Crippen molar-refractivity contribution >= 4 is 16.7 Å². The molecule has 2 aromatic carbocycles. The van der Waals surface area contributed by atoms with Crippen molar-refractivity contribution in [2.24, 2.45) is 0 Å². The number of phenols is 1. The maximum absolute atomic E-state index is 11.5. The van der Waals surface area contributed by atoms with E-state index in [1.54, 1.807) is 13.2 Å². The summed E-state index contributed by atoms with van der Waals surface area (Å²) in [5.41, 5.74) is 1.12. The summed E-state index contributed by atoms with van der Waals surface area (Å²) in [6, 6.07) is 9.29. The van der Waals surface area contributed by atoms with E-state index in [-0.39, 0.29) is 17.6 Å². The Hall–Kier alpha value is -2.23. The molecule has 1 unspecified atom stereocenters. The van der Waals surface area contributed by atoms with E-state index in [0.717, 1.165) is 28.5 Å². The van der Waals surface area contributed by atoms with Crippen molar-refractivity contribution < 1.29 is 14.6 Å². The van der Waals surface area contributed by atoms with Crippen LogP contribution in [0.5, 0.6) is 11.5 Å². The van der Waals surface area contributed by atoms with Gasteiger partial charge in [-0.1, -0.05) is 19.9 Å². The highest BCUT2D eigenvalue weighted by molar-refractivity contribution is 5.92. The number of amides is 1. The monoisotopic (exact) mass is 301 g/mol. The van der Waals surface area contributed by atoms with Crippen molar-refractivity contribution in [3.8, 4) is 11.5 Å². The van der Waals surface area contributed by atoms with Crippen molar-refractivity contribution in [1.29, 1.82) is 0 Å². The summed E-state index contributed by atoms with van der Waals surface area (Å²) in [6.07, 6.45) is 1.39. The molecule has 0 aliphatic carbocycles. The first-order valence-corrected chi connectivity index (χ1v) is 7.67. The third-order valence-electron chi connectivity index (χ3n) is 4.03. The first kappa shape index (κ1) is 16.1. The summed E-state index contributed by atoms with van der Waals surface area (Å²) in [7, 11) is 1.63. The van der Waals surface area contributed by atoms with Crippen molar-refractivity contribution in [3.05, 3.63) is 35.9 Å². The topological polar surface area (TPSA) is 58.6 Å². The molecule has 0 heterocycles. The number of aromatic hydroxyl groups is 1. The van der Waals surface area contributed by atoms with Crippen LogP contribution in [0.3, 0.4) is 0 Å². The van der Waals surface area contributed by atoms with Crippen LogP contribution in [0.2, 0.25) is 0 Å². The molecule has 0 aliphatic rings. The highest BCUT2D eigenvalue weighted by atomic mass is 16.5. The van der Waals surface area contributed by atoms with E-state index in [1.807, 2.05) is 31.2 Å². The highest BCUT2D eigenvalue weighted by Gasteiger charge is 2.15. The lowest BCUT2D eigenvalue weighted by Crippen LogP contribution is -2.27. The average molecular weight is 301 g/mol. The Morgan fingerprint density at radius 2 is 2.00 bits per heavy atom. The molecule has 0 saturated heterocycles. The molecular weight excluding hydrogens is 278 g/mol. The highest BCUT2D eigenvalue weighted by Crippen LogP contribution is 2.35. The smallest absolute Gasteiger partial charge is 0.219 e. The Labute approximate surface area is 131 Å². The third kappa shape index (κ3) is 3.32. The summed E-state index contributed by atoms with van der Waals surface area (Å²) in [5, 5.41) is 14.8. The van der Waals surface area contributed by atoms with E-state index in [4.69, 9.17) is 4.74 Å². The molecule has 0 bridgehead atoms. The quantitative estimate of drug-likeness (QED) is 0.857. The van der Waals surface area contributed by atoms with Gasteiger partial charge in [0.1, 0.15) is 11.5 Å². The molecular formula is C18H23NO3. The fraction of sp³-hybridized carbons (Fsp3) is 0.389. The minimum Gasteiger partial charge on any atom is -0.507 e.